The number of carbonyl (C=O) groups is 1. The van der Waals surface area contributed by atoms with Crippen LogP contribution in [0.15, 0.2) is 0 Å². The predicted molar refractivity (Wildman–Crippen MR) is 59.6 cm³/mol. The summed E-state index contributed by atoms with van der Waals surface area (Å²) in [6.45, 7) is 4.46. The Morgan fingerprint density at radius 3 is 2.29 bits per heavy atom. The molecule has 8 heteroatoms. The Morgan fingerprint density at radius 2 is 1.94 bits per heavy atom. The van der Waals surface area contributed by atoms with Crippen molar-refractivity contribution >= 4 is 16.1 Å². The van der Waals surface area contributed by atoms with Crippen molar-refractivity contribution in [3.05, 3.63) is 0 Å². The Kier molecular flexibility index (Phi) is 3.41. The van der Waals surface area contributed by atoms with Crippen molar-refractivity contribution in [1.29, 1.82) is 0 Å². The van der Waals surface area contributed by atoms with Crippen LogP contribution in [-0.2, 0) is 14.8 Å². The van der Waals surface area contributed by atoms with Crippen molar-refractivity contribution in [1.82, 2.24) is 4.90 Å². The first-order valence-electron chi connectivity index (χ1n) is 5.08. The first kappa shape index (κ1) is 14.2. The quantitative estimate of drug-likeness (QED) is 0.776. The van der Waals surface area contributed by atoms with Crippen LogP contribution in [0.25, 0.3) is 0 Å². The van der Waals surface area contributed by atoms with Gasteiger partial charge in [0.05, 0.1) is 13.1 Å². The summed E-state index contributed by atoms with van der Waals surface area (Å²) < 4.78 is 40.2. The molecule has 0 aromatic rings. The van der Waals surface area contributed by atoms with Crippen LogP contribution in [0.3, 0.4) is 0 Å². The number of hydrogen-bond donors (Lipinski definition) is 1. The summed E-state index contributed by atoms with van der Waals surface area (Å²) in [5, 5.41) is 4.75. The van der Waals surface area contributed by atoms with Crippen LogP contribution in [0.5, 0.6) is 0 Å². The zero-order chi connectivity index (χ0) is 13.5. The Labute approximate surface area is 100.0 Å². The number of carbonyl (C=O) groups excluding carboxylic acids is 1. The van der Waals surface area contributed by atoms with Crippen LogP contribution >= 0.6 is 0 Å². The fourth-order valence-corrected chi connectivity index (χ4v) is 2.45. The normalized spacial score (nSPS) is 19.7. The molecule has 1 amide bonds. The van der Waals surface area contributed by atoms with Gasteiger partial charge in [0.25, 0.3) is 0 Å². The summed E-state index contributed by atoms with van der Waals surface area (Å²) >= 11 is 0. The summed E-state index contributed by atoms with van der Waals surface area (Å²) in [5.74, 6) is -0.778. The second-order valence-corrected chi connectivity index (χ2v) is 6.91. The van der Waals surface area contributed by atoms with Gasteiger partial charge in [0.2, 0.25) is 10.0 Å². The van der Waals surface area contributed by atoms with E-state index in [9.17, 15) is 17.6 Å². The molecule has 0 bridgehead atoms. The highest BCUT2D eigenvalue weighted by molar-refractivity contribution is 7.89. The minimum Gasteiger partial charge on any atom is -0.444 e. The monoisotopic (exact) mass is 268 g/mol. The number of nitrogens with two attached hydrogens (primary N) is 1. The number of halogens is 1. The van der Waals surface area contributed by atoms with Crippen LogP contribution in [0.4, 0.5) is 9.18 Å². The standard InChI is InChI=1S/C9H17FN2O4S/c1-8(2,3)16-7(13)12-4-9(10,5-12)6-17(11,14)15/h4-6H2,1-3H3,(H2,11,14,15). The Hall–Kier alpha value is -0.890. The third-order valence-electron chi connectivity index (χ3n) is 2.06. The average Bonchev–Trinajstić information content (AvgIpc) is 1.92. The molecule has 0 radical (unpaired) electrons. The molecule has 0 aromatic heterocycles. The number of primary sulfonamides is 1. The molecular weight excluding hydrogens is 251 g/mol. The van der Waals surface area contributed by atoms with Gasteiger partial charge in [-0.25, -0.2) is 22.7 Å². The number of amides is 1. The molecule has 17 heavy (non-hydrogen) atoms. The highest BCUT2D eigenvalue weighted by atomic mass is 32.2. The minimum atomic E-state index is -3.88. The lowest BCUT2D eigenvalue weighted by atomic mass is 10.00. The van der Waals surface area contributed by atoms with Crippen molar-refractivity contribution in [2.24, 2.45) is 5.14 Å². The van der Waals surface area contributed by atoms with Gasteiger partial charge in [0.15, 0.2) is 5.67 Å². The summed E-state index contributed by atoms with van der Waals surface area (Å²) in [6.07, 6.45) is -0.653. The Bertz CT molecular complexity index is 409. The molecule has 6 nitrogen and oxygen atoms in total. The summed E-state index contributed by atoms with van der Waals surface area (Å²) in [7, 11) is -3.88. The van der Waals surface area contributed by atoms with Gasteiger partial charge in [-0.15, -0.1) is 0 Å². The Morgan fingerprint density at radius 1 is 1.47 bits per heavy atom. The van der Waals surface area contributed by atoms with E-state index in [0.717, 1.165) is 4.90 Å². The van der Waals surface area contributed by atoms with Gasteiger partial charge in [-0.3, -0.25) is 0 Å². The van der Waals surface area contributed by atoms with Gasteiger partial charge in [0.1, 0.15) is 11.4 Å². The Balaban J connectivity index is 2.49. The minimum absolute atomic E-state index is 0.307. The molecule has 1 rings (SSSR count). The zero-order valence-corrected chi connectivity index (χ0v) is 10.9. The van der Waals surface area contributed by atoms with Crippen molar-refractivity contribution in [2.75, 3.05) is 18.8 Å². The number of sulfonamides is 1. The first-order chi connectivity index (χ1) is 7.40. The molecule has 0 unspecified atom stereocenters. The molecule has 0 aromatic carbocycles. The SMILES string of the molecule is CC(C)(C)OC(=O)N1CC(F)(CS(N)(=O)=O)C1. The predicted octanol–water partition coefficient (Wildman–Crippen LogP) is 0.234. The molecule has 1 heterocycles. The maximum Gasteiger partial charge on any atom is 0.410 e. The van der Waals surface area contributed by atoms with E-state index in [0.29, 0.717) is 0 Å². The van der Waals surface area contributed by atoms with Gasteiger partial charge in [0, 0.05) is 0 Å². The maximum absolute atomic E-state index is 13.7. The van der Waals surface area contributed by atoms with Gasteiger partial charge in [-0.1, -0.05) is 0 Å². The van der Waals surface area contributed by atoms with Crippen LogP contribution in [0, 0.1) is 0 Å². The molecule has 1 fully saturated rings. The molecule has 1 saturated heterocycles. The van der Waals surface area contributed by atoms with E-state index in [-0.39, 0.29) is 13.1 Å². The lowest BCUT2D eigenvalue weighted by Gasteiger charge is -2.43. The number of hydrogen-bond acceptors (Lipinski definition) is 4. The molecule has 0 spiro atoms. The van der Waals surface area contributed by atoms with Crippen LogP contribution in [0.1, 0.15) is 20.8 Å². The molecule has 0 aliphatic carbocycles. The smallest absolute Gasteiger partial charge is 0.410 e. The number of nitrogens with zero attached hydrogens (tertiary/aromatic N) is 1. The second-order valence-electron chi connectivity index (χ2n) is 5.29. The van der Waals surface area contributed by atoms with E-state index in [4.69, 9.17) is 9.88 Å². The van der Waals surface area contributed by atoms with E-state index in [1.54, 1.807) is 20.8 Å². The fourth-order valence-electron chi connectivity index (χ4n) is 1.55. The van der Waals surface area contributed by atoms with E-state index in [1.165, 1.54) is 0 Å². The van der Waals surface area contributed by atoms with Gasteiger partial charge in [-0.05, 0) is 20.8 Å². The van der Waals surface area contributed by atoms with Gasteiger partial charge >= 0.3 is 6.09 Å². The number of likely N-dealkylation sites (tertiary alicyclic amines) is 1. The second kappa shape index (κ2) is 4.09. The van der Waals surface area contributed by atoms with Gasteiger partial charge < -0.3 is 9.64 Å². The molecule has 100 valence electrons. The molecule has 0 saturated carbocycles. The molecule has 2 N–H and O–H groups in total. The number of ether oxygens (including phenoxy) is 1. The fraction of sp³-hybridized carbons (Fsp3) is 0.889. The highest BCUT2D eigenvalue weighted by Gasteiger charge is 2.49. The third-order valence-corrected chi connectivity index (χ3v) is 2.98. The van der Waals surface area contributed by atoms with E-state index in [2.05, 4.69) is 0 Å². The van der Waals surface area contributed by atoms with Crippen molar-refractivity contribution in [2.45, 2.75) is 32.0 Å². The summed E-state index contributed by atoms with van der Waals surface area (Å²) in [6, 6.07) is 0. The van der Waals surface area contributed by atoms with E-state index < -0.39 is 33.1 Å². The van der Waals surface area contributed by atoms with E-state index in [1.807, 2.05) is 0 Å². The van der Waals surface area contributed by atoms with Crippen LogP contribution < -0.4 is 5.14 Å². The third kappa shape index (κ3) is 4.47. The topological polar surface area (TPSA) is 89.7 Å². The lowest BCUT2D eigenvalue weighted by molar-refractivity contribution is -0.0407. The lowest BCUT2D eigenvalue weighted by Crippen LogP contribution is -2.64. The number of rotatable bonds is 2. The summed E-state index contributed by atoms with van der Waals surface area (Å²) in [4.78, 5) is 12.6. The highest BCUT2D eigenvalue weighted by Crippen LogP contribution is 2.28. The largest absolute Gasteiger partial charge is 0.444 e. The molecule has 1 aliphatic rings. The average molecular weight is 268 g/mol. The molecule has 1 aliphatic heterocycles. The van der Waals surface area contributed by atoms with E-state index >= 15 is 0 Å². The van der Waals surface area contributed by atoms with Crippen LogP contribution in [-0.4, -0.2) is 49.5 Å². The van der Waals surface area contributed by atoms with Crippen molar-refractivity contribution < 1.29 is 22.3 Å². The zero-order valence-electron chi connectivity index (χ0n) is 10.1. The van der Waals surface area contributed by atoms with Crippen molar-refractivity contribution in [3.8, 4) is 0 Å². The summed E-state index contributed by atoms with van der Waals surface area (Å²) in [5.41, 5.74) is -2.62. The van der Waals surface area contributed by atoms with Gasteiger partial charge in [-0.2, -0.15) is 0 Å². The molecule has 0 atom stereocenters. The number of alkyl halides is 1. The van der Waals surface area contributed by atoms with Crippen molar-refractivity contribution in [3.63, 3.8) is 0 Å². The molecular formula is C9H17FN2O4S. The maximum atomic E-state index is 13.7. The first-order valence-corrected chi connectivity index (χ1v) is 6.79. The van der Waals surface area contributed by atoms with Crippen LogP contribution in [0.2, 0.25) is 0 Å².